The molecule has 0 fully saturated rings. The highest BCUT2D eigenvalue weighted by Crippen LogP contribution is 2.00. The van der Waals surface area contributed by atoms with Gasteiger partial charge in [0.1, 0.15) is 0 Å². The van der Waals surface area contributed by atoms with Gasteiger partial charge in [0.15, 0.2) is 0 Å². The van der Waals surface area contributed by atoms with Crippen molar-refractivity contribution in [2.45, 2.75) is 19.4 Å². The minimum atomic E-state index is -0.865. The Kier molecular flexibility index (Phi) is 4.66. The van der Waals surface area contributed by atoms with E-state index in [1.165, 1.54) is 4.90 Å². The van der Waals surface area contributed by atoms with E-state index in [4.69, 9.17) is 5.11 Å². The quantitative estimate of drug-likeness (QED) is 0.689. The Labute approximate surface area is 73.8 Å². The molecular weight excluding hydrogens is 156 g/mol. The first-order chi connectivity index (χ1) is 5.49. The van der Waals surface area contributed by atoms with E-state index < -0.39 is 6.09 Å². The number of nitrogens with zero attached hydrogens (tertiary/aromatic N) is 2. The Morgan fingerprint density at radius 3 is 2.17 bits per heavy atom. The topological polar surface area (TPSA) is 43.8 Å². The summed E-state index contributed by atoms with van der Waals surface area (Å²) in [6.07, 6.45) is 0.0975. The summed E-state index contributed by atoms with van der Waals surface area (Å²) in [5.74, 6) is 0. The first-order valence-corrected chi connectivity index (χ1v) is 4.09. The zero-order chi connectivity index (χ0) is 9.72. The molecular formula is C8H18N2O2. The molecule has 0 aromatic carbocycles. The van der Waals surface area contributed by atoms with Gasteiger partial charge >= 0.3 is 6.09 Å². The fraction of sp³-hybridized carbons (Fsp3) is 0.875. The molecule has 0 aromatic rings. The van der Waals surface area contributed by atoms with Crippen molar-refractivity contribution in [2.24, 2.45) is 0 Å². The lowest BCUT2D eigenvalue weighted by atomic mass is 10.2. The van der Waals surface area contributed by atoms with Crippen molar-refractivity contribution in [3.8, 4) is 0 Å². The van der Waals surface area contributed by atoms with E-state index in [0.29, 0.717) is 12.6 Å². The molecule has 1 amide bonds. The van der Waals surface area contributed by atoms with E-state index >= 15 is 0 Å². The average Bonchev–Trinajstić information content (AvgIpc) is 1.98. The monoisotopic (exact) mass is 174 g/mol. The van der Waals surface area contributed by atoms with Crippen LogP contribution in [0.15, 0.2) is 0 Å². The van der Waals surface area contributed by atoms with Crippen LogP contribution < -0.4 is 0 Å². The molecule has 0 saturated heterocycles. The second-order valence-electron chi connectivity index (χ2n) is 3.19. The van der Waals surface area contributed by atoms with Crippen LogP contribution in [0, 0.1) is 0 Å². The fourth-order valence-electron chi connectivity index (χ4n) is 1.05. The van der Waals surface area contributed by atoms with Crippen LogP contribution >= 0.6 is 0 Å². The van der Waals surface area contributed by atoms with E-state index in [-0.39, 0.29) is 0 Å². The minimum Gasteiger partial charge on any atom is -0.465 e. The normalized spacial score (nSPS) is 13.1. The maximum atomic E-state index is 10.5. The van der Waals surface area contributed by atoms with Gasteiger partial charge in [0, 0.05) is 19.6 Å². The van der Waals surface area contributed by atoms with Gasteiger partial charge < -0.3 is 14.9 Å². The largest absolute Gasteiger partial charge is 0.465 e. The summed E-state index contributed by atoms with van der Waals surface area (Å²) in [6.45, 7) is 2.62. The van der Waals surface area contributed by atoms with Crippen molar-refractivity contribution < 1.29 is 9.90 Å². The van der Waals surface area contributed by atoms with Crippen LogP contribution in [0.1, 0.15) is 13.3 Å². The van der Waals surface area contributed by atoms with Crippen molar-refractivity contribution in [1.29, 1.82) is 0 Å². The first-order valence-electron chi connectivity index (χ1n) is 4.09. The maximum absolute atomic E-state index is 10.5. The van der Waals surface area contributed by atoms with Crippen LogP contribution in [0.5, 0.6) is 0 Å². The molecule has 1 N–H and O–H groups in total. The van der Waals surface area contributed by atoms with Gasteiger partial charge in [-0.1, -0.05) is 6.92 Å². The Morgan fingerprint density at radius 1 is 1.42 bits per heavy atom. The third-order valence-corrected chi connectivity index (χ3v) is 2.01. The Morgan fingerprint density at radius 2 is 1.92 bits per heavy atom. The maximum Gasteiger partial charge on any atom is 0.407 e. The minimum absolute atomic E-state index is 0.311. The Bertz CT molecular complexity index is 148. The molecule has 0 spiro atoms. The van der Waals surface area contributed by atoms with Gasteiger partial charge in [-0.2, -0.15) is 0 Å². The Hall–Kier alpha value is -0.770. The van der Waals surface area contributed by atoms with Crippen LogP contribution in [-0.2, 0) is 0 Å². The zero-order valence-corrected chi connectivity index (χ0v) is 8.24. The molecule has 0 bridgehead atoms. The molecule has 1 atom stereocenters. The van der Waals surface area contributed by atoms with Crippen molar-refractivity contribution in [1.82, 2.24) is 9.80 Å². The molecule has 4 heteroatoms. The molecule has 4 nitrogen and oxygen atoms in total. The Balaban J connectivity index is 3.93. The number of likely N-dealkylation sites (N-methyl/N-ethyl adjacent to an activating group) is 2. The predicted octanol–water partition coefficient (Wildman–Crippen LogP) is 0.936. The first kappa shape index (κ1) is 11.2. The van der Waals surface area contributed by atoms with Crippen LogP contribution in [0.2, 0.25) is 0 Å². The number of rotatable bonds is 4. The summed E-state index contributed by atoms with van der Waals surface area (Å²) in [6, 6.07) is 0.311. The summed E-state index contributed by atoms with van der Waals surface area (Å²) < 4.78 is 0. The van der Waals surface area contributed by atoms with Gasteiger partial charge in [-0.3, -0.25) is 0 Å². The van der Waals surface area contributed by atoms with Crippen LogP contribution in [0.4, 0.5) is 4.79 Å². The molecule has 1 unspecified atom stereocenters. The van der Waals surface area contributed by atoms with E-state index in [9.17, 15) is 4.79 Å². The molecule has 0 rings (SSSR count). The van der Waals surface area contributed by atoms with E-state index in [0.717, 1.165) is 6.42 Å². The number of hydrogen-bond acceptors (Lipinski definition) is 2. The molecule has 0 heterocycles. The lowest BCUT2D eigenvalue weighted by Gasteiger charge is -2.26. The van der Waals surface area contributed by atoms with Crippen molar-refractivity contribution >= 4 is 6.09 Å². The number of amides is 1. The lowest BCUT2D eigenvalue weighted by molar-refractivity contribution is 0.139. The van der Waals surface area contributed by atoms with Gasteiger partial charge in [-0.25, -0.2) is 4.79 Å². The third-order valence-electron chi connectivity index (χ3n) is 2.01. The van der Waals surface area contributed by atoms with Crippen molar-refractivity contribution in [3.05, 3.63) is 0 Å². The van der Waals surface area contributed by atoms with Crippen molar-refractivity contribution in [3.63, 3.8) is 0 Å². The average molecular weight is 174 g/mol. The highest BCUT2D eigenvalue weighted by atomic mass is 16.4. The molecule has 0 aliphatic heterocycles. The fourth-order valence-corrected chi connectivity index (χ4v) is 1.05. The van der Waals surface area contributed by atoms with Gasteiger partial charge in [0.2, 0.25) is 0 Å². The summed E-state index contributed by atoms with van der Waals surface area (Å²) in [5, 5.41) is 8.62. The molecule has 0 aromatic heterocycles. The highest BCUT2D eigenvalue weighted by molar-refractivity contribution is 5.64. The SMILES string of the molecule is CCC(CN(C)C(=O)O)N(C)C. The molecule has 12 heavy (non-hydrogen) atoms. The van der Waals surface area contributed by atoms with Gasteiger partial charge in [0.05, 0.1) is 0 Å². The van der Waals surface area contributed by atoms with Crippen LogP contribution in [-0.4, -0.2) is 54.7 Å². The van der Waals surface area contributed by atoms with E-state index in [1.54, 1.807) is 7.05 Å². The van der Waals surface area contributed by atoms with Gasteiger partial charge in [-0.05, 0) is 20.5 Å². The molecule has 0 radical (unpaired) electrons. The number of carboxylic acid groups (broad SMARTS) is 1. The third kappa shape index (κ3) is 3.57. The van der Waals surface area contributed by atoms with Gasteiger partial charge in [0.25, 0.3) is 0 Å². The standard InChI is InChI=1S/C8H18N2O2/c1-5-7(9(2)3)6-10(4)8(11)12/h7H,5-6H2,1-4H3,(H,11,12). The number of carbonyl (C=O) groups is 1. The molecule has 72 valence electrons. The number of hydrogen-bond donors (Lipinski definition) is 1. The molecule has 0 saturated carbocycles. The second kappa shape index (κ2) is 4.98. The van der Waals surface area contributed by atoms with E-state index in [2.05, 4.69) is 6.92 Å². The highest BCUT2D eigenvalue weighted by Gasteiger charge is 2.14. The molecule has 0 aliphatic rings. The molecule has 0 aliphatic carbocycles. The zero-order valence-electron chi connectivity index (χ0n) is 8.24. The predicted molar refractivity (Wildman–Crippen MR) is 48.4 cm³/mol. The van der Waals surface area contributed by atoms with E-state index in [1.807, 2.05) is 19.0 Å². The summed E-state index contributed by atoms with van der Waals surface area (Å²) >= 11 is 0. The summed E-state index contributed by atoms with van der Waals surface area (Å²) in [7, 11) is 5.52. The van der Waals surface area contributed by atoms with Gasteiger partial charge in [-0.15, -0.1) is 0 Å². The second-order valence-corrected chi connectivity index (χ2v) is 3.19. The summed E-state index contributed by atoms with van der Waals surface area (Å²) in [5.41, 5.74) is 0. The smallest absolute Gasteiger partial charge is 0.407 e. The van der Waals surface area contributed by atoms with Crippen LogP contribution in [0.3, 0.4) is 0 Å². The summed E-state index contributed by atoms with van der Waals surface area (Å²) in [4.78, 5) is 13.8. The van der Waals surface area contributed by atoms with Crippen LogP contribution in [0.25, 0.3) is 0 Å². The lowest BCUT2D eigenvalue weighted by Crippen LogP contribution is -2.40. The van der Waals surface area contributed by atoms with Crippen molar-refractivity contribution in [2.75, 3.05) is 27.7 Å².